The zero-order valence-corrected chi connectivity index (χ0v) is 22.4. The molecule has 0 saturated carbocycles. The van der Waals surface area contributed by atoms with Crippen molar-refractivity contribution in [3.63, 3.8) is 0 Å². The number of nitrogens with zero attached hydrogens (tertiary/aromatic N) is 4. The van der Waals surface area contributed by atoms with Gasteiger partial charge in [-0.2, -0.15) is 8.42 Å². The number of benzene rings is 2. The van der Waals surface area contributed by atoms with E-state index in [1.54, 1.807) is 6.07 Å². The fraction of sp³-hybridized carbons (Fsp3) is 0.227. The Labute approximate surface area is 224 Å². The lowest BCUT2D eigenvalue weighted by Gasteiger charge is -2.11. The van der Waals surface area contributed by atoms with Crippen molar-refractivity contribution in [3.8, 4) is 11.5 Å². The summed E-state index contributed by atoms with van der Waals surface area (Å²) in [5, 5.41) is 3.98. The van der Waals surface area contributed by atoms with Crippen LogP contribution < -0.4 is 20.5 Å². The molecule has 3 heterocycles. The SMILES string of the molecule is Nc1ncnc2c1nc(Sc1cc3c(cc1I)OCO3)n2CCCNCc1cccc(S(=O)(=O)F)c1. The second-order valence-corrected chi connectivity index (χ2v) is 11.3. The first-order valence-corrected chi connectivity index (χ1v) is 14.1. The Hall–Kier alpha value is -2.69. The van der Waals surface area contributed by atoms with Crippen LogP contribution in [0.4, 0.5) is 9.70 Å². The predicted molar refractivity (Wildman–Crippen MR) is 140 cm³/mol. The van der Waals surface area contributed by atoms with Crippen LogP contribution in [0.3, 0.4) is 0 Å². The molecular weight excluding hydrogens is 622 g/mol. The van der Waals surface area contributed by atoms with Crippen LogP contribution in [-0.4, -0.2) is 41.3 Å². The molecule has 0 bridgehead atoms. The molecule has 10 nitrogen and oxygen atoms in total. The number of hydrogen-bond donors (Lipinski definition) is 2. The third kappa shape index (κ3) is 5.35. The number of rotatable bonds is 9. The molecule has 1 aliphatic heterocycles. The number of nitrogen functional groups attached to an aromatic ring is 1. The number of hydrogen-bond acceptors (Lipinski definition) is 10. The Morgan fingerprint density at radius 2 is 2.00 bits per heavy atom. The average Bonchev–Trinajstić information content (AvgIpc) is 3.43. The van der Waals surface area contributed by atoms with Gasteiger partial charge in [-0.15, -0.1) is 3.89 Å². The largest absolute Gasteiger partial charge is 0.454 e. The van der Waals surface area contributed by atoms with Gasteiger partial charge in [0.05, 0.1) is 4.90 Å². The lowest BCUT2D eigenvalue weighted by molar-refractivity contribution is 0.174. The Morgan fingerprint density at radius 3 is 2.81 bits per heavy atom. The van der Waals surface area contributed by atoms with Crippen molar-refractivity contribution in [3.05, 3.63) is 51.9 Å². The number of ether oxygens (including phenoxy) is 2. The molecule has 0 atom stereocenters. The normalized spacial score (nSPS) is 12.9. The Balaban J connectivity index is 1.30. The number of aryl methyl sites for hydroxylation is 1. The third-order valence-corrected chi connectivity index (χ3v) is 8.53. The highest BCUT2D eigenvalue weighted by Gasteiger charge is 2.20. The van der Waals surface area contributed by atoms with Crippen LogP contribution in [0.2, 0.25) is 0 Å². The maximum absolute atomic E-state index is 13.2. The van der Waals surface area contributed by atoms with Gasteiger partial charge in [0.25, 0.3) is 0 Å². The van der Waals surface area contributed by atoms with Crippen molar-refractivity contribution in [1.29, 1.82) is 0 Å². The van der Waals surface area contributed by atoms with Crippen LogP contribution in [0.15, 0.2) is 57.7 Å². The van der Waals surface area contributed by atoms with E-state index in [2.05, 4.69) is 37.9 Å². The first kappa shape index (κ1) is 25.0. The van der Waals surface area contributed by atoms with Crippen LogP contribution in [0.1, 0.15) is 12.0 Å². The Bertz CT molecular complexity index is 1550. The lowest BCUT2D eigenvalue weighted by atomic mass is 10.2. The Kier molecular flexibility index (Phi) is 7.18. The summed E-state index contributed by atoms with van der Waals surface area (Å²) in [6, 6.07) is 9.68. The molecular formula is C22H20FIN6O4S2. The highest BCUT2D eigenvalue weighted by molar-refractivity contribution is 14.1. The molecule has 0 unspecified atom stereocenters. The Morgan fingerprint density at radius 1 is 1.19 bits per heavy atom. The number of aromatic nitrogens is 4. The predicted octanol–water partition coefficient (Wildman–Crippen LogP) is 3.73. The van der Waals surface area contributed by atoms with Crippen molar-refractivity contribution >= 4 is 61.6 Å². The molecule has 0 saturated heterocycles. The number of halogens is 2. The molecule has 188 valence electrons. The molecule has 36 heavy (non-hydrogen) atoms. The van der Waals surface area contributed by atoms with E-state index in [1.807, 2.05) is 16.7 Å². The van der Waals surface area contributed by atoms with Gasteiger partial charge in [0.2, 0.25) is 6.79 Å². The molecule has 0 spiro atoms. The van der Waals surface area contributed by atoms with E-state index in [-0.39, 0.29) is 11.7 Å². The van der Waals surface area contributed by atoms with Crippen molar-refractivity contribution in [2.24, 2.45) is 0 Å². The highest BCUT2D eigenvalue weighted by atomic mass is 127. The molecule has 14 heteroatoms. The van der Waals surface area contributed by atoms with Crippen LogP contribution in [0, 0.1) is 3.57 Å². The van der Waals surface area contributed by atoms with Crippen LogP contribution in [-0.2, 0) is 23.3 Å². The maximum Gasteiger partial charge on any atom is 0.332 e. The molecule has 0 fully saturated rings. The molecule has 1 aliphatic rings. The monoisotopic (exact) mass is 642 g/mol. The highest BCUT2D eigenvalue weighted by Crippen LogP contribution is 2.41. The zero-order valence-electron chi connectivity index (χ0n) is 18.6. The van der Waals surface area contributed by atoms with E-state index < -0.39 is 10.2 Å². The van der Waals surface area contributed by atoms with Crippen molar-refractivity contribution in [2.75, 3.05) is 19.1 Å². The minimum atomic E-state index is -4.73. The van der Waals surface area contributed by atoms with Gasteiger partial charge >= 0.3 is 10.2 Å². The molecule has 4 aromatic rings. The number of nitrogens with two attached hydrogens (primary N) is 1. The number of imidazole rings is 1. The van der Waals surface area contributed by atoms with Crippen molar-refractivity contribution in [2.45, 2.75) is 34.5 Å². The summed E-state index contributed by atoms with van der Waals surface area (Å²) >= 11 is 3.73. The summed E-state index contributed by atoms with van der Waals surface area (Å²) in [6.45, 7) is 1.83. The molecule has 0 amide bonds. The molecule has 0 radical (unpaired) electrons. The van der Waals surface area contributed by atoms with Gasteiger partial charge in [-0.1, -0.05) is 23.9 Å². The smallest absolute Gasteiger partial charge is 0.332 e. The van der Waals surface area contributed by atoms with E-state index in [1.165, 1.54) is 36.3 Å². The van der Waals surface area contributed by atoms with E-state index in [0.717, 1.165) is 20.0 Å². The van der Waals surface area contributed by atoms with E-state index >= 15 is 0 Å². The van der Waals surface area contributed by atoms with Gasteiger partial charge < -0.3 is 25.1 Å². The average molecular weight is 642 g/mol. The van der Waals surface area contributed by atoms with Gasteiger partial charge in [-0.05, 0) is 65.4 Å². The first-order chi connectivity index (χ1) is 17.3. The summed E-state index contributed by atoms with van der Waals surface area (Å²) in [7, 11) is -4.73. The molecule has 0 aliphatic carbocycles. The van der Waals surface area contributed by atoms with Crippen LogP contribution in [0.5, 0.6) is 11.5 Å². The van der Waals surface area contributed by atoms with Gasteiger partial charge in [-0.3, -0.25) is 0 Å². The van der Waals surface area contributed by atoms with Crippen LogP contribution in [0.25, 0.3) is 11.2 Å². The third-order valence-electron chi connectivity index (χ3n) is 5.40. The number of anilines is 1. The summed E-state index contributed by atoms with van der Waals surface area (Å²) in [6.07, 6.45) is 2.14. The maximum atomic E-state index is 13.2. The molecule has 2 aromatic carbocycles. The molecule has 3 N–H and O–H groups in total. The second kappa shape index (κ2) is 10.4. The fourth-order valence-electron chi connectivity index (χ4n) is 3.69. The van der Waals surface area contributed by atoms with E-state index in [0.29, 0.717) is 53.7 Å². The van der Waals surface area contributed by atoms with Gasteiger partial charge in [-0.25, -0.2) is 15.0 Å². The minimum absolute atomic E-state index is 0.199. The van der Waals surface area contributed by atoms with Gasteiger partial charge in [0, 0.05) is 21.6 Å². The van der Waals surface area contributed by atoms with Crippen LogP contribution >= 0.6 is 34.4 Å². The summed E-state index contributed by atoms with van der Waals surface area (Å²) in [5.74, 6) is 1.71. The zero-order chi connectivity index (χ0) is 25.3. The van der Waals surface area contributed by atoms with E-state index in [4.69, 9.17) is 20.2 Å². The number of nitrogens with one attached hydrogen (secondary N) is 1. The quantitative estimate of drug-likeness (QED) is 0.158. The topological polar surface area (TPSA) is 134 Å². The molecule has 2 aromatic heterocycles. The number of fused-ring (bicyclic) bond motifs is 2. The lowest BCUT2D eigenvalue weighted by Crippen LogP contribution is -2.17. The summed E-state index contributed by atoms with van der Waals surface area (Å²) in [5.41, 5.74) is 7.92. The summed E-state index contributed by atoms with van der Waals surface area (Å²) in [4.78, 5) is 13.8. The van der Waals surface area contributed by atoms with Crippen molar-refractivity contribution < 1.29 is 21.8 Å². The fourth-order valence-corrected chi connectivity index (χ4v) is 5.94. The van der Waals surface area contributed by atoms with Crippen molar-refractivity contribution in [1.82, 2.24) is 24.8 Å². The first-order valence-electron chi connectivity index (χ1n) is 10.8. The van der Waals surface area contributed by atoms with Gasteiger partial charge in [0.15, 0.2) is 33.6 Å². The molecule has 5 rings (SSSR count). The second-order valence-electron chi connectivity index (χ2n) is 7.83. The van der Waals surface area contributed by atoms with E-state index in [9.17, 15) is 12.3 Å². The standard InChI is InChI=1S/C22H20FIN6O4S2/c23-36(31,32)14-4-1-3-13(7-14)10-26-5-2-6-30-21-19(20(25)27-11-28-21)29-22(30)35-18-9-17-16(8-15(18)24)33-12-34-17/h1,3-4,7-9,11,26H,2,5-6,10,12H2,(H2,25,27,28). The van der Waals surface area contributed by atoms with Gasteiger partial charge in [0.1, 0.15) is 6.33 Å². The summed E-state index contributed by atoms with van der Waals surface area (Å²) < 4.78 is 49.5. The minimum Gasteiger partial charge on any atom is -0.454 e.